The van der Waals surface area contributed by atoms with Crippen molar-refractivity contribution in [2.75, 3.05) is 6.61 Å². The van der Waals surface area contributed by atoms with Crippen LogP contribution in [0.3, 0.4) is 0 Å². The fraction of sp³-hybridized carbons (Fsp3) is 0.759. The maximum atomic E-state index is 11.8. The Labute approximate surface area is 191 Å². The van der Waals surface area contributed by atoms with Crippen molar-refractivity contribution in [3.63, 3.8) is 0 Å². The Kier molecular flexibility index (Phi) is 10.4. The number of ether oxygens (including phenoxy) is 1. The molecule has 0 amide bonds. The van der Waals surface area contributed by atoms with E-state index in [2.05, 4.69) is 19.1 Å². The van der Waals surface area contributed by atoms with Gasteiger partial charge in [-0.15, -0.1) is 0 Å². The highest BCUT2D eigenvalue weighted by Crippen LogP contribution is 2.43. The molecule has 2 saturated carbocycles. The predicted molar refractivity (Wildman–Crippen MR) is 130 cm³/mol. The quantitative estimate of drug-likeness (QED) is 0.262. The van der Waals surface area contributed by atoms with Gasteiger partial charge >= 0.3 is 5.97 Å². The molecule has 2 nitrogen and oxygen atoms in total. The summed E-state index contributed by atoms with van der Waals surface area (Å²) in [7, 11) is 0. The topological polar surface area (TPSA) is 26.3 Å². The first-order chi connectivity index (χ1) is 15.2. The molecule has 174 valence electrons. The zero-order valence-corrected chi connectivity index (χ0v) is 20.2. The van der Waals surface area contributed by atoms with E-state index >= 15 is 0 Å². The van der Waals surface area contributed by atoms with E-state index in [9.17, 15) is 4.79 Å². The number of carbonyl (C=O) groups is 1. The van der Waals surface area contributed by atoms with Gasteiger partial charge in [-0.25, -0.2) is 4.79 Å². The van der Waals surface area contributed by atoms with Crippen molar-refractivity contribution in [3.05, 3.63) is 35.4 Å². The summed E-state index contributed by atoms with van der Waals surface area (Å²) in [4.78, 5) is 11.8. The highest BCUT2D eigenvalue weighted by Gasteiger charge is 2.30. The van der Waals surface area contributed by atoms with Crippen molar-refractivity contribution in [1.29, 1.82) is 0 Å². The second-order valence-electron chi connectivity index (χ2n) is 10.4. The first kappa shape index (κ1) is 24.3. The molecule has 3 rings (SSSR count). The van der Waals surface area contributed by atoms with Crippen molar-refractivity contribution >= 4 is 5.97 Å². The van der Waals surface area contributed by atoms with Crippen molar-refractivity contribution in [2.24, 2.45) is 23.7 Å². The number of hydrogen-bond acceptors (Lipinski definition) is 2. The fourth-order valence-corrected chi connectivity index (χ4v) is 6.15. The Morgan fingerprint density at radius 1 is 0.774 bits per heavy atom. The van der Waals surface area contributed by atoms with Gasteiger partial charge in [0.1, 0.15) is 0 Å². The van der Waals surface area contributed by atoms with Crippen LogP contribution in [0.1, 0.15) is 120 Å². The van der Waals surface area contributed by atoms with Crippen LogP contribution < -0.4 is 0 Å². The Bertz CT molecular complexity index is 619. The first-order valence-corrected chi connectivity index (χ1v) is 13.5. The standard InChI is InChI=1S/C29H46O2/c1-3-5-6-7-8-23-11-17-26(18-12-23)27-19-13-24(14-20-27)9-10-25-15-21-28(22-16-25)29(30)31-4-2/h15-16,21-24,26-27H,3-14,17-20H2,1-2H3/t23-,24?,26-,27?. The molecule has 31 heavy (non-hydrogen) atoms. The van der Waals surface area contributed by atoms with Crippen molar-refractivity contribution in [2.45, 2.75) is 110 Å². The molecule has 0 atom stereocenters. The van der Waals surface area contributed by atoms with E-state index in [-0.39, 0.29) is 5.97 Å². The summed E-state index contributed by atoms with van der Waals surface area (Å²) < 4.78 is 5.08. The minimum absolute atomic E-state index is 0.210. The smallest absolute Gasteiger partial charge is 0.338 e. The summed E-state index contributed by atoms with van der Waals surface area (Å²) in [6, 6.07) is 8.06. The van der Waals surface area contributed by atoms with Crippen LogP contribution in [0.5, 0.6) is 0 Å². The largest absolute Gasteiger partial charge is 0.462 e. The second-order valence-corrected chi connectivity index (χ2v) is 10.4. The normalized spacial score (nSPS) is 26.5. The van der Waals surface area contributed by atoms with Crippen LogP contribution >= 0.6 is 0 Å². The molecule has 0 heterocycles. The summed E-state index contributed by atoms with van der Waals surface area (Å²) in [5.74, 6) is 3.78. The second kappa shape index (κ2) is 13.3. The van der Waals surface area contributed by atoms with Crippen molar-refractivity contribution in [1.82, 2.24) is 0 Å². The minimum atomic E-state index is -0.210. The maximum absolute atomic E-state index is 11.8. The molecule has 2 heteroatoms. The van der Waals surface area contributed by atoms with E-state index in [0.717, 1.165) is 30.1 Å². The lowest BCUT2D eigenvalue weighted by Crippen LogP contribution is -2.26. The molecule has 0 bridgehead atoms. The molecule has 1 aromatic carbocycles. The van der Waals surface area contributed by atoms with E-state index in [0.29, 0.717) is 12.2 Å². The van der Waals surface area contributed by atoms with Crippen LogP contribution in [-0.2, 0) is 11.2 Å². The third-order valence-electron chi connectivity index (χ3n) is 8.22. The summed E-state index contributed by atoms with van der Waals surface area (Å²) >= 11 is 0. The van der Waals surface area contributed by atoms with E-state index in [1.165, 1.54) is 95.5 Å². The Hall–Kier alpha value is -1.31. The van der Waals surface area contributed by atoms with Gasteiger partial charge in [-0.05, 0) is 86.8 Å². The molecule has 2 fully saturated rings. The molecule has 2 aliphatic rings. The van der Waals surface area contributed by atoms with Gasteiger partial charge in [-0.3, -0.25) is 0 Å². The molecule has 0 spiro atoms. The zero-order chi connectivity index (χ0) is 21.9. The highest BCUT2D eigenvalue weighted by molar-refractivity contribution is 5.89. The number of benzene rings is 1. The molecule has 0 N–H and O–H groups in total. The number of carbonyl (C=O) groups excluding carboxylic acids is 1. The van der Waals surface area contributed by atoms with Crippen LogP contribution in [0, 0.1) is 23.7 Å². The van der Waals surface area contributed by atoms with E-state index in [4.69, 9.17) is 4.74 Å². The molecule has 0 aromatic heterocycles. The lowest BCUT2D eigenvalue weighted by atomic mass is 9.68. The number of rotatable bonds is 11. The number of esters is 1. The third-order valence-corrected chi connectivity index (χ3v) is 8.22. The van der Waals surface area contributed by atoms with Gasteiger partial charge < -0.3 is 4.74 Å². The molecular weight excluding hydrogens is 380 g/mol. The molecule has 2 aliphatic carbocycles. The monoisotopic (exact) mass is 426 g/mol. The SMILES string of the molecule is CCCCCC[C@H]1CC[C@H](C2CCC(CCc3ccc(C(=O)OCC)cc3)CC2)CC1. The average Bonchev–Trinajstić information content (AvgIpc) is 2.82. The van der Waals surface area contributed by atoms with Crippen LogP contribution in [0.15, 0.2) is 24.3 Å². The van der Waals surface area contributed by atoms with Gasteiger partial charge in [0.2, 0.25) is 0 Å². The lowest BCUT2D eigenvalue weighted by molar-refractivity contribution is 0.0526. The van der Waals surface area contributed by atoms with E-state index in [1.807, 2.05) is 19.1 Å². The number of hydrogen-bond donors (Lipinski definition) is 0. The summed E-state index contributed by atoms with van der Waals surface area (Å²) in [5.41, 5.74) is 2.02. The Morgan fingerprint density at radius 2 is 1.35 bits per heavy atom. The lowest BCUT2D eigenvalue weighted by Gasteiger charge is -2.38. The van der Waals surface area contributed by atoms with Gasteiger partial charge in [-0.1, -0.05) is 76.8 Å². The highest BCUT2D eigenvalue weighted by atomic mass is 16.5. The first-order valence-electron chi connectivity index (χ1n) is 13.5. The molecule has 0 aliphatic heterocycles. The molecule has 0 radical (unpaired) electrons. The maximum Gasteiger partial charge on any atom is 0.338 e. The van der Waals surface area contributed by atoms with Crippen LogP contribution in [-0.4, -0.2) is 12.6 Å². The van der Waals surface area contributed by atoms with Crippen molar-refractivity contribution < 1.29 is 9.53 Å². The summed E-state index contributed by atoms with van der Waals surface area (Å²) in [5, 5.41) is 0. The molecule has 1 aromatic rings. The number of aryl methyl sites for hydroxylation is 1. The van der Waals surface area contributed by atoms with Crippen molar-refractivity contribution in [3.8, 4) is 0 Å². The Morgan fingerprint density at radius 3 is 1.90 bits per heavy atom. The zero-order valence-electron chi connectivity index (χ0n) is 20.2. The Balaban J connectivity index is 1.31. The van der Waals surface area contributed by atoms with Crippen LogP contribution in [0.25, 0.3) is 0 Å². The third kappa shape index (κ3) is 7.95. The van der Waals surface area contributed by atoms with Gasteiger partial charge in [0.25, 0.3) is 0 Å². The molecule has 0 unspecified atom stereocenters. The molecule has 0 saturated heterocycles. The fourth-order valence-electron chi connectivity index (χ4n) is 6.15. The van der Waals surface area contributed by atoms with Crippen LogP contribution in [0.4, 0.5) is 0 Å². The van der Waals surface area contributed by atoms with E-state index in [1.54, 1.807) is 0 Å². The van der Waals surface area contributed by atoms with Gasteiger partial charge in [-0.2, -0.15) is 0 Å². The summed E-state index contributed by atoms with van der Waals surface area (Å²) in [6.45, 7) is 4.59. The average molecular weight is 427 g/mol. The number of unbranched alkanes of at least 4 members (excludes halogenated alkanes) is 3. The minimum Gasteiger partial charge on any atom is -0.462 e. The van der Waals surface area contributed by atoms with E-state index < -0.39 is 0 Å². The predicted octanol–water partition coefficient (Wildman–Crippen LogP) is 8.38. The van der Waals surface area contributed by atoms with Gasteiger partial charge in [0.15, 0.2) is 0 Å². The van der Waals surface area contributed by atoms with Gasteiger partial charge in [0, 0.05) is 0 Å². The van der Waals surface area contributed by atoms with Crippen LogP contribution in [0.2, 0.25) is 0 Å². The van der Waals surface area contributed by atoms with Gasteiger partial charge in [0.05, 0.1) is 12.2 Å². The summed E-state index contributed by atoms with van der Waals surface area (Å²) in [6.07, 6.45) is 21.5. The molecular formula is C29H46O2.